The van der Waals surface area contributed by atoms with Crippen LogP contribution in [0.25, 0.3) is 27.9 Å². The number of aromatic nitrogens is 5. The lowest BCUT2D eigenvalue weighted by Gasteiger charge is -2.32. The lowest BCUT2D eigenvalue weighted by atomic mass is 9.95. The summed E-state index contributed by atoms with van der Waals surface area (Å²) in [5, 5.41) is 4.40. The molecule has 4 aromatic rings. The molecule has 6 heterocycles. The van der Waals surface area contributed by atoms with Crippen LogP contribution in [0.1, 0.15) is 55.7 Å². The maximum Gasteiger partial charge on any atom is 0.158 e. The lowest BCUT2D eigenvalue weighted by molar-refractivity contribution is 0.177. The quantitative estimate of drug-likeness (QED) is 0.380. The number of hydrogen-bond acceptors (Lipinski definition) is 7. The highest BCUT2D eigenvalue weighted by molar-refractivity contribution is 7.90. The molecule has 2 atom stereocenters. The van der Waals surface area contributed by atoms with Crippen molar-refractivity contribution in [1.29, 1.82) is 0 Å². The van der Waals surface area contributed by atoms with Gasteiger partial charge >= 0.3 is 0 Å². The molecule has 0 unspecified atom stereocenters. The summed E-state index contributed by atoms with van der Waals surface area (Å²) in [6.07, 6.45) is 7.90. The molecule has 2 bridgehead atoms. The van der Waals surface area contributed by atoms with Gasteiger partial charge in [0.05, 0.1) is 22.5 Å². The third-order valence-electron chi connectivity index (χ3n) is 8.55. The first-order valence-corrected chi connectivity index (χ1v) is 15.7. The van der Waals surface area contributed by atoms with Crippen molar-refractivity contribution in [2.24, 2.45) is 0 Å². The van der Waals surface area contributed by atoms with E-state index in [0.29, 0.717) is 18.5 Å². The Labute approximate surface area is 224 Å². The van der Waals surface area contributed by atoms with Crippen LogP contribution in [0.5, 0.6) is 0 Å². The molecular weight excluding hydrogens is 498 g/mol. The molecule has 0 aliphatic carbocycles. The zero-order valence-electron chi connectivity index (χ0n) is 22.9. The van der Waals surface area contributed by atoms with Crippen LogP contribution in [0.2, 0.25) is 0 Å². The van der Waals surface area contributed by atoms with Gasteiger partial charge in [-0.05, 0) is 68.8 Å². The van der Waals surface area contributed by atoms with Gasteiger partial charge in [-0.1, -0.05) is 13.8 Å². The Morgan fingerprint density at radius 1 is 1.16 bits per heavy atom. The van der Waals surface area contributed by atoms with E-state index in [4.69, 9.17) is 4.98 Å². The third kappa shape index (κ3) is 4.37. The van der Waals surface area contributed by atoms with Crippen LogP contribution in [-0.4, -0.2) is 81.6 Å². The van der Waals surface area contributed by atoms with Gasteiger partial charge in [-0.25, -0.2) is 22.9 Å². The van der Waals surface area contributed by atoms with Gasteiger partial charge in [0.2, 0.25) is 0 Å². The molecule has 0 aromatic carbocycles. The van der Waals surface area contributed by atoms with Crippen LogP contribution in [0, 0.1) is 13.8 Å². The number of aryl methyl sites for hydroxylation is 1. The van der Waals surface area contributed by atoms with Gasteiger partial charge in [0.25, 0.3) is 0 Å². The number of fused-ring (bicyclic) bond motifs is 4. The van der Waals surface area contributed by atoms with Gasteiger partial charge in [0, 0.05) is 48.8 Å². The first kappa shape index (κ1) is 25.3. The zero-order chi connectivity index (χ0) is 26.8. The van der Waals surface area contributed by atoms with Crippen molar-refractivity contribution in [3.05, 3.63) is 41.3 Å². The Kier molecular flexibility index (Phi) is 6.22. The number of rotatable bonds is 7. The fourth-order valence-corrected chi connectivity index (χ4v) is 7.15. The van der Waals surface area contributed by atoms with Crippen molar-refractivity contribution >= 4 is 32.3 Å². The smallest absolute Gasteiger partial charge is 0.158 e. The largest absolute Gasteiger partial charge is 0.353 e. The van der Waals surface area contributed by atoms with E-state index in [0.717, 1.165) is 71.8 Å². The van der Waals surface area contributed by atoms with E-state index in [9.17, 15) is 8.42 Å². The van der Waals surface area contributed by atoms with E-state index >= 15 is 0 Å². The van der Waals surface area contributed by atoms with Crippen molar-refractivity contribution in [2.45, 2.75) is 65.0 Å². The van der Waals surface area contributed by atoms with E-state index < -0.39 is 9.84 Å². The van der Waals surface area contributed by atoms with Gasteiger partial charge in [0.1, 0.15) is 22.0 Å². The average molecular weight is 536 g/mol. The Morgan fingerprint density at radius 3 is 2.74 bits per heavy atom. The van der Waals surface area contributed by atoms with Crippen LogP contribution in [0.3, 0.4) is 0 Å². The number of piperidine rings is 1. The summed E-state index contributed by atoms with van der Waals surface area (Å²) >= 11 is 0. The van der Waals surface area contributed by atoms with Crippen molar-refractivity contribution in [2.75, 3.05) is 36.5 Å². The standard InChI is InChI=1S/C28H37N7O2S/c1-17(2)25-26(22-15-35-28(29-16-30-35)19(4)18(22)3)31-23-7-8-24(32-27(23)25)34-14-21-13-20(34)9-11-33(21)10-6-12-38(5,36)37/h7-8,15-17,20-21,31H,6,9-14H2,1-5H3/t20-,21+/m0/s1. The molecule has 38 heavy (non-hydrogen) atoms. The summed E-state index contributed by atoms with van der Waals surface area (Å²) in [6, 6.07) is 5.27. The summed E-state index contributed by atoms with van der Waals surface area (Å²) in [4.78, 5) is 18.4. The molecule has 0 amide bonds. The van der Waals surface area contributed by atoms with E-state index in [-0.39, 0.29) is 11.7 Å². The number of nitrogens with one attached hydrogen (secondary N) is 1. The maximum absolute atomic E-state index is 11.6. The number of H-pyrrole nitrogens is 1. The van der Waals surface area contributed by atoms with Gasteiger partial charge in [-0.3, -0.25) is 4.90 Å². The Balaban J connectivity index is 1.33. The zero-order valence-corrected chi connectivity index (χ0v) is 23.7. The minimum atomic E-state index is -2.91. The highest BCUT2D eigenvalue weighted by Gasteiger charge is 2.40. The molecule has 2 saturated heterocycles. The second-order valence-electron chi connectivity index (χ2n) is 11.5. The predicted molar refractivity (Wildman–Crippen MR) is 152 cm³/mol. The third-order valence-corrected chi connectivity index (χ3v) is 9.58. The first-order chi connectivity index (χ1) is 18.1. The van der Waals surface area contributed by atoms with Crippen molar-refractivity contribution < 1.29 is 8.42 Å². The van der Waals surface area contributed by atoms with Gasteiger partial charge in [0.15, 0.2) is 5.65 Å². The van der Waals surface area contributed by atoms with E-state index in [1.807, 2.05) is 4.52 Å². The molecular formula is C28H37N7O2S. The van der Waals surface area contributed by atoms with Gasteiger partial charge in [-0.2, -0.15) is 5.10 Å². The molecule has 10 heteroatoms. The second-order valence-corrected chi connectivity index (χ2v) is 13.7. The van der Waals surface area contributed by atoms with Gasteiger partial charge < -0.3 is 9.88 Å². The minimum absolute atomic E-state index is 0.262. The molecule has 2 aliphatic rings. The summed E-state index contributed by atoms with van der Waals surface area (Å²) in [5.74, 6) is 1.59. The van der Waals surface area contributed by atoms with Crippen LogP contribution in [-0.2, 0) is 9.84 Å². The predicted octanol–water partition coefficient (Wildman–Crippen LogP) is 4.10. The number of aromatic amines is 1. The highest BCUT2D eigenvalue weighted by Crippen LogP contribution is 2.39. The van der Waals surface area contributed by atoms with Crippen molar-refractivity contribution in [3.63, 3.8) is 0 Å². The average Bonchev–Trinajstić information content (AvgIpc) is 3.57. The SMILES string of the molecule is Cc1c(-c2[nH]c3ccc(N4C[C@H]5C[C@@H]4CCN5CCCS(C)(=O)=O)nc3c2C(C)C)cn2ncnc2c1C. The van der Waals surface area contributed by atoms with E-state index in [2.05, 4.69) is 70.9 Å². The van der Waals surface area contributed by atoms with Crippen molar-refractivity contribution in [3.8, 4) is 11.3 Å². The Bertz CT molecular complexity index is 1620. The van der Waals surface area contributed by atoms with E-state index in [1.165, 1.54) is 17.4 Å². The maximum atomic E-state index is 11.6. The van der Waals surface area contributed by atoms with Crippen molar-refractivity contribution in [1.82, 2.24) is 29.5 Å². The molecule has 1 N–H and O–H groups in total. The highest BCUT2D eigenvalue weighted by atomic mass is 32.2. The number of anilines is 1. The normalized spacial score (nSPS) is 20.4. The first-order valence-electron chi connectivity index (χ1n) is 13.6. The molecule has 202 valence electrons. The molecule has 2 fully saturated rings. The van der Waals surface area contributed by atoms with Crippen LogP contribution in [0.4, 0.5) is 5.82 Å². The Hall–Kier alpha value is -2.98. The number of sulfone groups is 1. The number of nitrogens with zero attached hydrogens (tertiary/aromatic N) is 6. The molecule has 9 nitrogen and oxygen atoms in total. The summed E-state index contributed by atoms with van der Waals surface area (Å²) in [6.45, 7) is 11.5. The fourth-order valence-electron chi connectivity index (χ4n) is 6.50. The number of likely N-dealkylation sites (tertiary alicyclic amines) is 1. The van der Waals surface area contributed by atoms with Crippen LogP contribution >= 0.6 is 0 Å². The molecule has 0 spiro atoms. The van der Waals surface area contributed by atoms with Crippen LogP contribution in [0.15, 0.2) is 24.7 Å². The minimum Gasteiger partial charge on any atom is -0.353 e. The molecule has 4 aromatic heterocycles. The summed E-state index contributed by atoms with van der Waals surface area (Å²) < 4.78 is 25.0. The summed E-state index contributed by atoms with van der Waals surface area (Å²) in [5.41, 5.74) is 8.77. The van der Waals surface area contributed by atoms with Crippen LogP contribution < -0.4 is 4.90 Å². The van der Waals surface area contributed by atoms with Gasteiger partial charge in [-0.15, -0.1) is 0 Å². The molecule has 0 saturated carbocycles. The lowest BCUT2D eigenvalue weighted by Crippen LogP contribution is -2.41. The fraction of sp³-hybridized carbons (Fsp3) is 0.536. The number of pyridine rings is 2. The molecule has 2 aliphatic heterocycles. The monoisotopic (exact) mass is 535 g/mol. The molecule has 0 radical (unpaired) electrons. The topological polar surface area (TPSA) is 99.5 Å². The molecule has 6 rings (SSSR count). The number of hydrogen-bond donors (Lipinski definition) is 1. The summed E-state index contributed by atoms with van der Waals surface area (Å²) in [7, 11) is -2.91. The Morgan fingerprint density at radius 2 is 1.97 bits per heavy atom. The van der Waals surface area contributed by atoms with E-state index in [1.54, 1.807) is 6.33 Å². The second kappa shape index (κ2) is 9.34.